The summed E-state index contributed by atoms with van der Waals surface area (Å²) in [6.07, 6.45) is 6.02. The molecule has 140 valence electrons. The molecule has 0 aliphatic carbocycles. The molecule has 1 fully saturated rings. The summed E-state index contributed by atoms with van der Waals surface area (Å²) in [7, 11) is 0. The molecule has 6 nitrogen and oxygen atoms in total. The van der Waals surface area contributed by atoms with Gasteiger partial charge in [-0.3, -0.25) is 14.8 Å². The SMILES string of the molecule is CCc1ccc(-c2csc(NC(=O)C3(n4cccn4)CCNCC3)n2)cc1. The molecule has 27 heavy (non-hydrogen) atoms. The zero-order chi connectivity index (χ0) is 18.7. The lowest BCUT2D eigenvalue weighted by Crippen LogP contribution is -2.52. The fourth-order valence-electron chi connectivity index (χ4n) is 3.51. The molecule has 3 heterocycles. The Hall–Kier alpha value is -2.51. The lowest BCUT2D eigenvalue weighted by atomic mass is 9.87. The number of piperidine rings is 1. The Bertz CT molecular complexity index is 895. The van der Waals surface area contributed by atoms with Crippen LogP contribution in [0.5, 0.6) is 0 Å². The second-order valence-corrected chi connectivity index (χ2v) is 7.63. The van der Waals surface area contributed by atoms with E-state index >= 15 is 0 Å². The molecule has 1 aromatic carbocycles. The molecule has 3 aromatic rings. The molecule has 4 rings (SSSR count). The van der Waals surface area contributed by atoms with E-state index in [1.165, 1.54) is 16.9 Å². The summed E-state index contributed by atoms with van der Waals surface area (Å²) in [6, 6.07) is 10.3. The van der Waals surface area contributed by atoms with Crippen LogP contribution in [0.25, 0.3) is 11.3 Å². The zero-order valence-corrected chi connectivity index (χ0v) is 16.1. The number of thiazole rings is 1. The first-order valence-electron chi connectivity index (χ1n) is 9.28. The van der Waals surface area contributed by atoms with Gasteiger partial charge in [0, 0.05) is 23.3 Å². The molecule has 0 atom stereocenters. The smallest absolute Gasteiger partial charge is 0.254 e. The fraction of sp³-hybridized carbons (Fsp3) is 0.350. The summed E-state index contributed by atoms with van der Waals surface area (Å²) >= 11 is 1.45. The minimum absolute atomic E-state index is 0.0464. The van der Waals surface area contributed by atoms with Crippen molar-refractivity contribution in [2.45, 2.75) is 31.7 Å². The van der Waals surface area contributed by atoms with E-state index in [4.69, 9.17) is 0 Å². The number of carbonyl (C=O) groups is 1. The zero-order valence-electron chi connectivity index (χ0n) is 15.3. The van der Waals surface area contributed by atoms with Crippen LogP contribution in [0.4, 0.5) is 5.13 Å². The van der Waals surface area contributed by atoms with Crippen molar-refractivity contribution in [2.75, 3.05) is 18.4 Å². The summed E-state index contributed by atoms with van der Waals surface area (Å²) in [5.74, 6) is -0.0464. The predicted molar refractivity (Wildman–Crippen MR) is 108 cm³/mol. The molecule has 1 aliphatic heterocycles. The van der Waals surface area contributed by atoms with E-state index < -0.39 is 5.54 Å². The minimum atomic E-state index is -0.663. The number of aromatic nitrogens is 3. The highest BCUT2D eigenvalue weighted by molar-refractivity contribution is 7.14. The quantitative estimate of drug-likeness (QED) is 0.711. The lowest BCUT2D eigenvalue weighted by molar-refractivity contribution is -0.126. The molecular formula is C20H23N5OS. The number of rotatable bonds is 5. The Morgan fingerprint density at radius 2 is 2.07 bits per heavy atom. The average molecular weight is 382 g/mol. The number of nitrogens with zero attached hydrogens (tertiary/aromatic N) is 3. The van der Waals surface area contributed by atoms with Gasteiger partial charge in [0.05, 0.1) is 5.69 Å². The van der Waals surface area contributed by atoms with Crippen LogP contribution in [0, 0.1) is 0 Å². The molecule has 0 radical (unpaired) electrons. The Morgan fingerprint density at radius 1 is 1.30 bits per heavy atom. The number of nitrogens with one attached hydrogen (secondary N) is 2. The van der Waals surface area contributed by atoms with Gasteiger partial charge in [-0.1, -0.05) is 31.2 Å². The first-order valence-corrected chi connectivity index (χ1v) is 10.2. The number of aryl methyl sites for hydroxylation is 1. The summed E-state index contributed by atoms with van der Waals surface area (Å²) in [6.45, 7) is 3.72. The lowest BCUT2D eigenvalue weighted by Gasteiger charge is -2.36. The first kappa shape index (κ1) is 17.9. The molecule has 0 bridgehead atoms. The maximum atomic E-state index is 13.2. The fourth-order valence-corrected chi connectivity index (χ4v) is 4.23. The number of benzene rings is 1. The third-order valence-electron chi connectivity index (χ3n) is 5.18. The van der Waals surface area contributed by atoms with E-state index in [2.05, 4.69) is 51.9 Å². The summed E-state index contributed by atoms with van der Waals surface area (Å²) < 4.78 is 1.79. The molecule has 0 spiro atoms. The van der Waals surface area contributed by atoms with E-state index in [1.807, 2.05) is 17.6 Å². The van der Waals surface area contributed by atoms with Gasteiger partial charge in [-0.15, -0.1) is 11.3 Å². The standard InChI is InChI=1S/C20H23N5OS/c1-2-15-4-6-16(7-5-15)17-14-27-19(23-17)24-18(26)20(8-11-21-12-9-20)25-13-3-10-22-25/h3-7,10,13-14,21H,2,8-9,11-12H2,1H3,(H,23,24,26). The predicted octanol–water partition coefficient (Wildman–Crippen LogP) is 3.29. The van der Waals surface area contributed by atoms with Gasteiger partial charge in [0.2, 0.25) is 0 Å². The molecule has 0 saturated carbocycles. The van der Waals surface area contributed by atoms with Gasteiger partial charge < -0.3 is 5.32 Å². The van der Waals surface area contributed by atoms with Crippen LogP contribution in [0.2, 0.25) is 0 Å². The minimum Gasteiger partial charge on any atom is -0.317 e. The van der Waals surface area contributed by atoms with E-state index in [0.29, 0.717) is 18.0 Å². The largest absolute Gasteiger partial charge is 0.317 e. The van der Waals surface area contributed by atoms with Crippen molar-refractivity contribution < 1.29 is 4.79 Å². The second kappa shape index (κ2) is 7.62. The van der Waals surface area contributed by atoms with Gasteiger partial charge in [0.1, 0.15) is 5.54 Å². The van der Waals surface area contributed by atoms with Crippen LogP contribution >= 0.6 is 11.3 Å². The molecule has 2 N–H and O–H groups in total. The Morgan fingerprint density at radius 3 is 2.74 bits per heavy atom. The summed E-state index contributed by atoms with van der Waals surface area (Å²) in [4.78, 5) is 17.8. The second-order valence-electron chi connectivity index (χ2n) is 6.77. The van der Waals surface area contributed by atoms with E-state index in [-0.39, 0.29) is 5.91 Å². The monoisotopic (exact) mass is 381 g/mol. The highest BCUT2D eigenvalue weighted by Crippen LogP contribution is 2.31. The maximum Gasteiger partial charge on any atom is 0.254 e. The van der Waals surface area contributed by atoms with Crippen LogP contribution in [-0.4, -0.2) is 33.8 Å². The highest BCUT2D eigenvalue weighted by atomic mass is 32.1. The summed E-state index contributed by atoms with van der Waals surface area (Å²) in [5, 5.41) is 13.3. The third kappa shape index (κ3) is 3.52. The van der Waals surface area contributed by atoms with Crippen molar-refractivity contribution in [3.05, 3.63) is 53.7 Å². The van der Waals surface area contributed by atoms with Crippen LogP contribution in [0.3, 0.4) is 0 Å². The molecule has 1 aliphatic rings. The van der Waals surface area contributed by atoms with Crippen molar-refractivity contribution >= 4 is 22.4 Å². The van der Waals surface area contributed by atoms with Crippen molar-refractivity contribution in [3.8, 4) is 11.3 Å². The third-order valence-corrected chi connectivity index (χ3v) is 5.94. The normalized spacial score (nSPS) is 16.2. The van der Waals surface area contributed by atoms with Crippen molar-refractivity contribution in [3.63, 3.8) is 0 Å². The highest BCUT2D eigenvalue weighted by Gasteiger charge is 2.42. The molecular weight excluding hydrogens is 358 g/mol. The number of carbonyl (C=O) groups excluding carboxylic acids is 1. The van der Waals surface area contributed by atoms with E-state index in [9.17, 15) is 4.79 Å². The van der Waals surface area contributed by atoms with Gasteiger partial charge in [0.15, 0.2) is 5.13 Å². The molecule has 7 heteroatoms. The van der Waals surface area contributed by atoms with Crippen molar-refractivity contribution in [1.29, 1.82) is 0 Å². The Kier molecular flexibility index (Phi) is 5.05. The maximum absolute atomic E-state index is 13.2. The van der Waals surface area contributed by atoms with Gasteiger partial charge in [-0.05, 0) is 44.0 Å². The Labute approximate surface area is 162 Å². The van der Waals surface area contributed by atoms with Gasteiger partial charge in [-0.2, -0.15) is 5.10 Å². The number of amides is 1. The number of anilines is 1. The molecule has 1 amide bonds. The van der Waals surface area contributed by atoms with Crippen molar-refractivity contribution in [1.82, 2.24) is 20.1 Å². The van der Waals surface area contributed by atoms with Crippen LogP contribution in [0.15, 0.2) is 48.1 Å². The van der Waals surface area contributed by atoms with Crippen LogP contribution in [0.1, 0.15) is 25.3 Å². The molecule has 1 saturated heterocycles. The first-order chi connectivity index (χ1) is 13.2. The summed E-state index contributed by atoms with van der Waals surface area (Å²) in [5.41, 5.74) is 2.59. The number of hydrogen-bond acceptors (Lipinski definition) is 5. The van der Waals surface area contributed by atoms with Gasteiger partial charge in [0.25, 0.3) is 5.91 Å². The number of hydrogen-bond donors (Lipinski definition) is 2. The van der Waals surface area contributed by atoms with Gasteiger partial charge >= 0.3 is 0 Å². The van der Waals surface area contributed by atoms with E-state index in [1.54, 1.807) is 10.9 Å². The van der Waals surface area contributed by atoms with E-state index in [0.717, 1.165) is 30.8 Å². The molecule has 0 unspecified atom stereocenters. The average Bonchev–Trinajstić information content (AvgIpc) is 3.41. The van der Waals surface area contributed by atoms with Crippen LogP contribution in [-0.2, 0) is 16.8 Å². The Balaban J connectivity index is 1.54. The van der Waals surface area contributed by atoms with Crippen LogP contribution < -0.4 is 10.6 Å². The van der Waals surface area contributed by atoms with Gasteiger partial charge in [-0.25, -0.2) is 4.98 Å². The topological polar surface area (TPSA) is 71.8 Å². The molecule has 2 aromatic heterocycles. The van der Waals surface area contributed by atoms with Crippen molar-refractivity contribution in [2.24, 2.45) is 0 Å².